The molecular weight excluding hydrogens is 447 g/mol. The lowest BCUT2D eigenvalue weighted by Crippen LogP contribution is -2.44. The van der Waals surface area contributed by atoms with Gasteiger partial charge in [-0.3, -0.25) is 0 Å². The summed E-state index contributed by atoms with van der Waals surface area (Å²) in [5, 5.41) is 6.87. The van der Waals surface area contributed by atoms with Crippen molar-refractivity contribution in [3.63, 3.8) is 0 Å². The Balaban J connectivity index is 2.07. The Morgan fingerprint density at radius 3 is 2.09 bits per heavy atom. The Bertz CT molecular complexity index is 1100. The fourth-order valence-corrected chi connectivity index (χ4v) is 2.60. The molecule has 172 valence electrons. The first kappa shape index (κ1) is 23.3. The van der Waals surface area contributed by atoms with E-state index >= 15 is 0 Å². The molecule has 2 aromatic heterocycles. The van der Waals surface area contributed by atoms with Crippen LogP contribution in [0.3, 0.4) is 0 Å². The van der Waals surface area contributed by atoms with Gasteiger partial charge in [-0.2, -0.15) is 26.3 Å². The maximum Gasteiger partial charge on any atom is 0.451 e. The van der Waals surface area contributed by atoms with Gasteiger partial charge in [0.15, 0.2) is 5.60 Å². The largest absolute Gasteiger partial charge is 0.478 e. The van der Waals surface area contributed by atoms with Gasteiger partial charge in [-0.05, 0) is 26.0 Å². The number of rotatable bonds is 5. The average molecular weight is 463 g/mol. The first-order valence-corrected chi connectivity index (χ1v) is 8.95. The Morgan fingerprint density at radius 1 is 0.938 bits per heavy atom. The molecule has 1 N–H and O–H groups in total. The van der Waals surface area contributed by atoms with Crippen LogP contribution in [-0.4, -0.2) is 38.6 Å². The first-order valence-electron chi connectivity index (χ1n) is 8.95. The van der Waals surface area contributed by atoms with E-state index < -0.39 is 35.3 Å². The zero-order valence-electron chi connectivity index (χ0n) is 16.8. The molecule has 0 radical (unpaired) electrons. The van der Waals surface area contributed by atoms with E-state index in [0.29, 0.717) is 0 Å². The highest BCUT2D eigenvalue weighted by Crippen LogP contribution is 2.36. The molecule has 0 fully saturated rings. The van der Waals surface area contributed by atoms with Crippen LogP contribution in [0.5, 0.6) is 5.75 Å². The lowest BCUT2D eigenvalue weighted by molar-refractivity contribution is -0.234. The number of alkyl halides is 6. The van der Waals surface area contributed by atoms with Crippen LogP contribution in [0.4, 0.5) is 36.6 Å². The second-order valence-electron chi connectivity index (χ2n) is 7.12. The molecule has 2 heterocycles. The fraction of sp³-hybridized carbons (Fsp3) is 0.316. The summed E-state index contributed by atoms with van der Waals surface area (Å²) in [6.45, 7) is 1.58. The van der Waals surface area contributed by atoms with Gasteiger partial charge in [0.2, 0.25) is 5.82 Å². The lowest BCUT2D eigenvalue weighted by atomic mass is 10.1. The Kier molecular flexibility index (Phi) is 5.78. The third-order valence-corrected chi connectivity index (χ3v) is 4.32. The Labute approximate surface area is 177 Å². The van der Waals surface area contributed by atoms with Gasteiger partial charge in [-0.25, -0.2) is 19.0 Å². The van der Waals surface area contributed by atoms with E-state index in [-0.39, 0.29) is 22.8 Å². The van der Waals surface area contributed by atoms with Crippen LogP contribution in [0.15, 0.2) is 36.7 Å². The predicted octanol–water partition coefficient (Wildman–Crippen LogP) is 5.25. The maximum absolute atomic E-state index is 14.2. The summed E-state index contributed by atoms with van der Waals surface area (Å²) < 4.78 is 98.0. The summed E-state index contributed by atoms with van der Waals surface area (Å²) in [5.74, 6) is -2.40. The van der Waals surface area contributed by atoms with Gasteiger partial charge in [0.25, 0.3) is 0 Å². The summed E-state index contributed by atoms with van der Waals surface area (Å²) in [6, 6.07) is 4.39. The summed E-state index contributed by atoms with van der Waals surface area (Å²) in [6.07, 6.45) is -7.73. The first-order chi connectivity index (χ1) is 14.7. The Hall–Kier alpha value is -3.38. The minimum atomic E-state index is -4.75. The number of anilines is 1. The average Bonchev–Trinajstić information content (AvgIpc) is 3.10. The number of halogens is 7. The number of hydrogen-bond donors (Lipinski definition) is 1. The molecular formula is C19H16F7N5O. The maximum atomic E-state index is 14.2. The zero-order valence-corrected chi connectivity index (χ0v) is 16.8. The highest BCUT2D eigenvalue weighted by molar-refractivity contribution is 5.67. The van der Waals surface area contributed by atoms with E-state index in [2.05, 4.69) is 20.4 Å². The zero-order chi connectivity index (χ0) is 23.9. The molecule has 32 heavy (non-hydrogen) atoms. The van der Waals surface area contributed by atoms with Crippen LogP contribution >= 0.6 is 0 Å². The van der Waals surface area contributed by atoms with Crippen molar-refractivity contribution in [2.24, 2.45) is 0 Å². The summed E-state index contributed by atoms with van der Waals surface area (Å²) in [7, 11) is 1.52. The Morgan fingerprint density at radius 2 is 1.56 bits per heavy atom. The number of nitrogens with zero attached hydrogens (tertiary/aromatic N) is 4. The van der Waals surface area contributed by atoms with E-state index in [1.54, 1.807) is 0 Å². The van der Waals surface area contributed by atoms with Crippen molar-refractivity contribution in [1.29, 1.82) is 0 Å². The molecule has 0 amide bonds. The monoisotopic (exact) mass is 463 g/mol. The molecule has 0 atom stereocenters. The smallest absolute Gasteiger partial charge is 0.451 e. The molecule has 0 aliphatic heterocycles. The molecule has 1 aromatic carbocycles. The SMILES string of the molecule is CNc1cc(-c2cc(F)cc(OC(C)(C)C(F)(F)F)c2)n(-c2cnc(C(F)(F)F)nc2)n1. The van der Waals surface area contributed by atoms with E-state index in [9.17, 15) is 30.7 Å². The summed E-state index contributed by atoms with van der Waals surface area (Å²) in [4.78, 5) is 6.53. The van der Waals surface area contributed by atoms with Crippen LogP contribution in [0.2, 0.25) is 0 Å². The number of aromatic nitrogens is 4. The van der Waals surface area contributed by atoms with Crippen LogP contribution in [-0.2, 0) is 6.18 Å². The highest BCUT2D eigenvalue weighted by Gasteiger charge is 2.50. The van der Waals surface area contributed by atoms with Crippen molar-refractivity contribution in [1.82, 2.24) is 19.7 Å². The predicted molar refractivity (Wildman–Crippen MR) is 99.9 cm³/mol. The standard InChI is InChI=1S/C19H16F7N5O/c1-17(2,19(24,25)26)32-13-5-10(4-11(20)6-13)14-7-15(27-3)30-31(14)12-8-28-16(29-9-12)18(21,22)23/h4-9H,1-3H3,(H,27,30). The van der Waals surface area contributed by atoms with Gasteiger partial charge in [0.05, 0.1) is 18.1 Å². The third-order valence-electron chi connectivity index (χ3n) is 4.32. The van der Waals surface area contributed by atoms with Gasteiger partial charge in [-0.1, -0.05) is 0 Å². The molecule has 0 saturated carbocycles. The van der Waals surface area contributed by atoms with Crippen LogP contribution in [0.25, 0.3) is 16.9 Å². The number of ether oxygens (including phenoxy) is 1. The van der Waals surface area contributed by atoms with Crippen LogP contribution in [0.1, 0.15) is 19.7 Å². The van der Waals surface area contributed by atoms with E-state index in [1.165, 1.54) is 13.1 Å². The number of hydrogen-bond acceptors (Lipinski definition) is 5. The molecule has 0 unspecified atom stereocenters. The van der Waals surface area contributed by atoms with Crippen molar-refractivity contribution in [3.05, 3.63) is 48.3 Å². The molecule has 3 rings (SSSR count). The molecule has 0 bridgehead atoms. The minimum absolute atomic E-state index is 0.0110. The molecule has 0 saturated heterocycles. The van der Waals surface area contributed by atoms with Crippen LogP contribution in [0, 0.1) is 5.82 Å². The second kappa shape index (κ2) is 7.95. The number of nitrogens with one attached hydrogen (secondary N) is 1. The lowest BCUT2D eigenvalue weighted by Gasteiger charge is -2.29. The van der Waals surface area contributed by atoms with Gasteiger partial charge >= 0.3 is 12.4 Å². The number of benzene rings is 1. The van der Waals surface area contributed by atoms with Crippen LogP contribution < -0.4 is 10.1 Å². The fourth-order valence-electron chi connectivity index (χ4n) is 2.60. The molecule has 0 aliphatic carbocycles. The molecule has 13 heteroatoms. The van der Waals surface area contributed by atoms with Gasteiger partial charge in [-0.15, -0.1) is 5.10 Å². The van der Waals surface area contributed by atoms with Crippen molar-refractivity contribution in [3.8, 4) is 22.7 Å². The van der Waals surface area contributed by atoms with Gasteiger partial charge in [0.1, 0.15) is 23.1 Å². The van der Waals surface area contributed by atoms with E-state index in [4.69, 9.17) is 4.74 Å². The minimum Gasteiger partial charge on any atom is -0.478 e. The highest BCUT2D eigenvalue weighted by atomic mass is 19.4. The van der Waals surface area contributed by atoms with Crippen molar-refractivity contribution in [2.45, 2.75) is 31.8 Å². The van der Waals surface area contributed by atoms with Gasteiger partial charge in [0, 0.05) is 24.7 Å². The normalized spacial score (nSPS) is 12.7. The molecule has 6 nitrogen and oxygen atoms in total. The van der Waals surface area contributed by atoms with Crippen molar-refractivity contribution >= 4 is 5.82 Å². The molecule has 0 spiro atoms. The van der Waals surface area contributed by atoms with E-state index in [1.807, 2.05) is 0 Å². The van der Waals surface area contributed by atoms with Gasteiger partial charge < -0.3 is 10.1 Å². The quantitative estimate of drug-likeness (QED) is 0.524. The summed E-state index contributed by atoms with van der Waals surface area (Å²) in [5.41, 5.74) is -2.38. The van der Waals surface area contributed by atoms with Crippen molar-refractivity contribution in [2.75, 3.05) is 12.4 Å². The van der Waals surface area contributed by atoms with E-state index in [0.717, 1.165) is 49.1 Å². The molecule has 0 aliphatic rings. The second-order valence-corrected chi connectivity index (χ2v) is 7.12. The third kappa shape index (κ3) is 4.75. The summed E-state index contributed by atoms with van der Waals surface area (Å²) >= 11 is 0. The molecule has 3 aromatic rings. The topological polar surface area (TPSA) is 64.9 Å². The van der Waals surface area contributed by atoms with Crippen molar-refractivity contribution < 1.29 is 35.5 Å².